The summed E-state index contributed by atoms with van der Waals surface area (Å²) in [5, 5.41) is 0. The predicted molar refractivity (Wildman–Crippen MR) is 113 cm³/mol. The van der Waals surface area contributed by atoms with Crippen molar-refractivity contribution in [3.8, 4) is 0 Å². The Hall–Kier alpha value is 0. The summed E-state index contributed by atoms with van der Waals surface area (Å²) < 4.78 is 0. The van der Waals surface area contributed by atoms with E-state index >= 15 is 0 Å². The van der Waals surface area contributed by atoms with Gasteiger partial charge in [0.2, 0.25) is 0 Å². The first kappa shape index (κ1) is 19.3. The molecule has 4 rings (SSSR count). The molecular weight excluding hydrogens is 312 g/mol. The van der Waals surface area contributed by atoms with Gasteiger partial charge in [0.15, 0.2) is 0 Å². The minimum atomic E-state index is 1.01. The highest BCUT2D eigenvalue weighted by Gasteiger charge is 2.43. The quantitative estimate of drug-likeness (QED) is 0.476. The van der Waals surface area contributed by atoms with E-state index in [0.29, 0.717) is 0 Å². The Morgan fingerprint density at radius 1 is 0.346 bits per heavy atom. The van der Waals surface area contributed by atoms with Gasteiger partial charge in [0.25, 0.3) is 0 Å². The lowest BCUT2D eigenvalue weighted by Gasteiger charge is -2.49. The molecule has 0 aliphatic heterocycles. The van der Waals surface area contributed by atoms with Gasteiger partial charge in [-0.15, -0.1) is 0 Å². The van der Waals surface area contributed by atoms with Crippen LogP contribution in [0, 0.1) is 47.3 Å². The molecule has 4 unspecified atom stereocenters. The van der Waals surface area contributed by atoms with Crippen LogP contribution in [0.15, 0.2) is 0 Å². The van der Waals surface area contributed by atoms with E-state index < -0.39 is 0 Å². The molecule has 0 aromatic rings. The van der Waals surface area contributed by atoms with Crippen LogP contribution in [0.3, 0.4) is 0 Å². The van der Waals surface area contributed by atoms with Crippen LogP contribution in [0.5, 0.6) is 0 Å². The van der Waals surface area contributed by atoms with Gasteiger partial charge in [-0.1, -0.05) is 65.2 Å². The predicted octanol–water partition coefficient (Wildman–Crippen LogP) is 8.25. The minimum absolute atomic E-state index is 1.01. The van der Waals surface area contributed by atoms with Crippen LogP contribution < -0.4 is 0 Å². The van der Waals surface area contributed by atoms with Gasteiger partial charge >= 0.3 is 0 Å². The maximum Gasteiger partial charge on any atom is -0.0352 e. The third-order valence-electron chi connectivity index (χ3n) is 9.63. The zero-order chi connectivity index (χ0) is 17.9. The molecule has 4 aliphatic rings. The number of rotatable bonds is 3. The van der Waals surface area contributed by atoms with E-state index in [9.17, 15) is 0 Å². The van der Waals surface area contributed by atoms with Crippen LogP contribution in [0.1, 0.15) is 117 Å². The van der Waals surface area contributed by atoms with Crippen molar-refractivity contribution in [3.05, 3.63) is 0 Å². The Morgan fingerprint density at radius 2 is 0.654 bits per heavy atom. The number of hydrogen-bond acceptors (Lipinski definition) is 0. The summed E-state index contributed by atoms with van der Waals surface area (Å²) in [6.45, 7) is 4.99. The Balaban J connectivity index is 1.46. The molecule has 0 heteroatoms. The number of hydrogen-bond donors (Lipinski definition) is 0. The summed E-state index contributed by atoms with van der Waals surface area (Å²) in [7, 11) is 0. The molecule has 0 aromatic carbocycles. The zero-order valence-corrected chi connectivity index (χ0v) is 17.9. The fraction of sp³-hybridized carbons (Fsp3) is 1.00. The Morgan fingerprint density at radius 3 is 1.00 bits per heavy atom. The van der Waals surface area contributed by atoms with Gasteiger partial charge in [0.1, 0.15) is 0 Å². The van der Waals surface area contributed by atoms with E-state index in [2.05, 4.69) is 13.8 Å². The van der Waals surface area contributed by atoms with Crippen molar-refractivity contribution < 1.29 is 0 Å². The largest absolute Gasteiger partial charge is 0.0625 e. The molecule has 0 N–H and O–H groups in total. The summed E-state index contributed by atoms with van der Waals surface area (Å²) >= 11 is 0. The summed E-state index contributed by atoms with van der Waals surface area (Å²) in [4.78, 5) is 0. The fourth-order valence-electron chi connectivity index (χ4n) is 8.04. The summed E-state index contributed by atoms with van der Waals surface area (Å²) in [5.41, 5.74) is 0. The van der Waals surface area contributed by atoms with Gasteiger partial charge in [-0.2, -0.15) is 0 Å². The Bertz CT molecular complexity index is 370. The highest BCUT2D eigenvalue weighted by molar-refractivity contribution is 4.93. The maximum atomic E-state index is 2.50. The lowest BCUT2D eigenvalue weighted by Crippen LogP contribution is -2.40. The highest BCUT2D eigenvalue weighted by atomic mass is 14.5. The zero-order valence-electron chi connectivity index (χ0n) is 17.9. The summed E-state index contributed by atoms with van der Waals surface area (Å²) in [6.07, 6.45) is 25.0. The average Bonchev–Trinajstić information content (AvgIpc) is 2.69. The normalized spacial score (nSPS) is 48.2. The van der Waals surface area contributed by atoms with Crippen LogP contribution in [0.2, 0.25) is 0 Å². The molecule has 0 radical (unpaired) electrons. The van der Waals surface area contributed by atoms with Crippen molar-refractivity contribution in [2.45, 2.75) is 117 Å². The average molecular weight is 359 g/mol. The maximum absolute atomic E-state index is 2.50. The van der Waals surface area contributed by atoms with Crippen molar-refractivity contribution in [3.63, 3.8) is 0 Å². The first-order valence-corrected chi connectivity index (χ1v) is 12.7. The minimum Gasteiger partial charge on any atom is -0.0625 e. The molecule has 0 nitrogen and oxygen atoms in total. The molecule has 0 spiro atoms. The molecule has 0 saturated heterocycles. The summed E-state index contributed by atoms with van der Waals surface area (Å²) in [6, 6.07) is 0. The van der Waals surface area contributed by atoms with Crippen LogP contribution >= 0.6 is 0 Å². The molecule has 4 aliphatic carbocycles. The van der Waals surface area contributed by atoms with E-state index in [4.69, 9.17) is 0 Å². The second-order valence-corrected chi connectivity index (χ2v) is 11.3. The van der Waals surface area contributed by atoms with Crippen LogP contribution in [-0.2, 0) is 0 Å². The molecule has 0 heterocycles. The van der Waals surface area contributed by atoms with E-state index in [0.717, 1.165) is 47.3 Å². The van der Waals surface area contributed by atoms with Crippen molar-refractivity contribution in [2.75, 3.05) is 0 Å². The standard InChI is InChI=1S/C26H46/c1-19-11-15-21(16-12-19)23-7-3-5-9-25(23)26-10-6-4-8-24(26)22-17-13-20(2)14-18-22/h19-26H,3-18H2,1-2H3. The smallest absolute Gasteiger partial charge is 0.0352 e. The van der Waals surface area contributed by atoms with E-state index in [1.54, 1.807) is 77.0 Å². The highest BCUT2D eigenvalue weighted by Crippen LogP contribution is 2.52. The van der Waals surface area contributed by atoms with E-state index in [1.807, 2.05) is 0 Å². The van der Waals surface area contributed by atoms with Gasteiger partial charge in [-0.3, -0.25) is 0 Å². The molecule has 0 amide bonds. The van der Waals surface area contributed by atoms with Gasteiger partial charge in [-0.05, 0) is 98.7 Å². The molecule has 4 atom stereocenters. The van der Waals surface area contributed by atoms with Crippen molar-refractivity contribution in [2.24, 2.45) is 47.3 Å². The topological polar surface area (TPSA) is 0 Å². The lowest BCUT2D eigenvalue weighted by atomic mass is 9.56. The second-order valence-electron chi connectivity index (χ2n) is 11.3. The van der Waals surface area contributed by atoms with Crippen molar-refractivity contribution in [1.82, 2.24) is 0 Å². The SMILES string of the molecule is CC1CCC(C2CCCCC2C2CCCCC2C2CCC(C)CC2)CC1. The van der Waals surface area contributed by atoms with Crippen LogP contribution in [0.25, 0.3) is 0 Å². The molecule has 4 fully saturated rings. The van der Waals surface area contributed by atoms with Gasteiger partial charge < -0.3 is 0 Å². The van der Waals surface area contributed by atoms with Gasteiger partial charge in [0, 0.05) is 0 Å². The molecule has 0 bridgehead atoms. The lowest BCUT2D eigenvalue weighted by molar-refractivity contribution is 0.00678. The van der Waals surface area contributed by atoms with E-state index in [1.165, 1.54) is 25.7 Å². The van der Waals surface area contributed by atoms with Crippen molar-refractivity contribution in [1.29, 1.82) is 0 Å². The Labute approximate surface area is 164 Å². The first-order chi connectivity index (χ1) is 12.7. The molecule has 150 valence electrons. The van der Waals surface area contributed by atoms with Crippen LogP contribution in [-0.4, -0.2) is 0 Å². The third-order valence-corrected chi connectivity index (χ3v) is 9.63. The second kappa shape index (κ2) is 9.00. The van der Waals surface area contributed by atoms with Crippen LogP contribution in [0.4, 0.5) is 0 Å². The molecular formula is C26H46. The van der Waals surface area contributed by atoms with Crippen molar-refractivity contribution >= 4 is 0 Å². The van der Waals surface area contributed by atoms with Gasteiger partial charge in [0.05, 0.1) is 0 Å². The molecule has 0 aromatic heterocycles. The Kier molecular flexibility index (Phi) is 6.69. The van der Waals surface area contributed by atoms with E-state index in [-0.39, 0.29) is 0 Å². The fourth-order valence-corrected chi connectivity index (χ4v) is 8.04. The first-order valence-electron chi connectivity index (χ1n) is 12.7. The molecule has 26 heavy (non-hydrogen) atoms. The summed E-state index contributed by atoms with van der Waals surface area (Å²) in [5.74, 6) is 8.70. The molecule has 4 saturated carbocycles. The third kappa shape index (κ3) is 4.35. The monoisotopic (exact) mass is 358 g/mol. The van der Waals surface area contributed by atoms with Gasteiger partial charge in [-0.25, -0.2) is 0 Å².